The zero-order valence-electron chi connectivity index (χ0n) is 16.1. The summed E-state index contributed by atoms with van der Waals surface area (Å²) in [6.07, 6.45) is -1.27. The second-order valence-corrected chi connectivity index (χ2v) is 6.39. The zero-order chi connectivity index (χ0) is 21.4. The van der Waals surface area contributed by atoms with Gasteiger partial charge in [-0.15, -0.1) is 0 Å². The third-order valence-electron chi connectivity index (χ3n) is 3.58. The van der Waals surface area contributed by atoms with Gasteiger partial charge in [0.1, 0.15) is 5.78 Å². The molecule has 0 aliphatic heterocycles. The number of β-amino-alcohol motifs (C(OH)–C–C–N with tert-alkyl or cyclic N) is 1. The third kappa shape index (κ3) is 14.4. The molecule has 0 heterocycles. The van der Waals surface area contributed by atoms with Crippen LogP contribution in [0, 0.1) is 0 Å². The van der Waals surface area contributed by atoms with E-state index in [-0.39, 0.29) is 71.2 Å². The Balaban J connectivity index is 4.96. The number of aliphatic hydroxyl groups excluding tert-OH is 2. The first-order chi connectivity index (χ1) is 13.2. The highest BCUT2D eigenvalue weighted by atomic mass is 16.5. The number of nitrogens with one attached hydrogen (secondary N) is 1. The highest BCUT2D eigenvalue weighted by molar-refractivity contribution is 5.75. The van der Waals surface area contributed by atoms with Gasteiger partial charge in [0.05, 0.1) is 70.7 Å². The summed E-state index contributed by atoms with van der Waals surface area (Å²) < 4.78 is 16.3. The van der Waals surface area contributed by atoms with Crippen molar-refractivity contribution in [3.8, 4) is 0 Å². The van der Waals surface area contributed by atoms with E-state index in [9.17, 15) is 19.5 Å². The predicted octanol–water partition coefficient (Wildman–Crippen LogP) is -1.35. The maximum absolute atomic E-state index is 11.1. The lowest BCUT2D eigenvalue weighted by molar-refractivity contribution is -0.139. The van der Waals surface area contributed by atoms with Gasteiger partial charge in [-0.2, -0.15) is 0 Å². The Hall–Kier alpha value is -1.63. The summed E-state index contributed by atoms with van der Waals surface area (Å²) in [6.45, 7) is 0.830. The summed E-state index contributed by atoms with van der Waals surface area (Å²) in [6, 6.07) is 0. The number of carbonyl (C=O) groups excluding carboxylic acids is 1. The Labute approximate surface area is 163 Å². The summed E-state index contributed by atoms with van der Waals surface area (Å²) in [5.41, 5.74) is -1.04. The van der Waals surface area contributed by atoms with Crippen LogP contribution in [0.5, 0.6) is 0 Å². The van der Waals surface area contributed by atoms with Crippen LogP contribution in [0.25, 0.3) is 0 Å². The smallest absolute Gasteiger partial charge is 0.305 e. The molecule has 0 aliphatic carbocycles. The number of ketones is 1. The van der Waals surface area contributed by atoms with E-state index in [1.165, 1.54) is 6.92 Å². The molecule has 0 saturated carbocycles. The molecular formula is C17H31NO10. The third-order valence-corrected chi connectivity index (χ3v) is 3.58. The first kappa shape index (κ1) is 26.4. The first-order valence-electron chi connectivity index (χ1n) is 8.91. The Morgan fingerprint density at radius 1 is 0.893 bits per heavy atom. The van der Waals surface area contributed by atoms with Crippen LogP contribution in [-0.4, -0.2) is 103 Å². The highest BCUT2D eigenvalue weighted by Crippen LogP contribution is 2.10. The van der Waals surface area contributed by atoms with Crippen LogP contribution in [0.4, 0.5) is 0 Å². The minimum atomic E-state index is -1.06. The molecule has 0 radical (unpaired) electrons. The molecule has 28 heavy (non-hydrogen) atoms. The van der Waals surface area contributed by atoms with Crippen LogP contribution >= 0.6 is 0 Å². The maximum atomic E-state index is 11.1. The SMILES string of the molecule is CC(=O)CCOCC(COCCC(=O)O)(COCCC(=O)O)NCC(O)CO. The van der Waals surface area contributed by atoms with Crippen molar-refractivity contribution in [2.45, 2.75) is 37.8 Å². The number of carboxylic acid groups (broad SMARTS) is 2. The minimum Gasteiger partial charge on any atom is -0.481 e. The number of carboxylic acids is 2. The molecule has 0 spiro atoms. The van der Waals surface area contributed by atoms with Gasteiger partial charge in [-0.3, -0.25) is 14.4 Å². The van der Waals surface area contributed by atoms with Crippen molar-refractivity contribution in [2.75, 3.05) is 52.8 Å². The van der Waals surface area contributed by atoms with Crippen LogP contribution in [0.15, 0.2) is 0 Å². The molecule has 0 bridgehead atoms. The fraction of sp³-hybridized carbons (Fsp3) is 0.824. The molecule has 0 rings (SSSR count). The lowest BCUT2D eigenvalue weighted by Gasteiger charge is -2.35. The van der Waals surface area contributed by atoms with Crippen molar-refractivity contribution in [1.82, 2.24) is 5.32 Å². The molecule has 1 unspecified atom stereocenters. The van der Waals surface area contributed by atoms with Crippen molar-refractivity contribution in [3.05, 3.63) is 0 Å². The van der Waals surface area contributed by atoms with E-state index in [0.717, 1.165) is 0 Å². The van der Waals surface area contributed by atoms with Gasteiger partial charge in [-0.1, -0.05) is 0 Å². The summed E-state index contributed by atoms with van der Waals surface area (Å²) >= 11 is 0. The fourth-order valence-electron chi connectivity index (χ4n) is 2.01. The number of carbonyl (C=O) groups is 3. The Morgan fingerprint density at radius 3 is 1.68 bits per heavy atom. The summed E-state index contributed by atoms with van der Waals surface area (Å²) in [7, 11) is 0. The quantitative estimate of drug-likeness (QED) is 0.160. The number of aliphatic carboxylic acids is 2. The number of Topliss-reactive ketones (excluding diaryl/α,β-unsaturated/α-hetero) is 1. The molecule has 11 heteroatoms. The van der Waals surface area contributed by atoms with Gasteiger partial charge in [0.15, 0.2) is 0 Å². The average Bonchev–Trinajstić information content (AvgIpc) is 2.63. The predicted molar refractivity (Wildman–Crippen MR) is 96.1 cm³/mol. The molecule has 5 N–H and O–H groups in total. The largest absolute Gasteiger partial charge is 0.481 e. The van der Waals surface area contributed by atoms with Crippen LogP contribution in [0.1, 0.15) is 26.2 Å². The Bertz CT molecular complexity index is 416. The van der Waals surface area contributed by atoms with Gasteiger partial charge >= 0.3 is 11.9 Å². The van der Waals surface area contributed by atoms with E-state index < -0.39 is 30.2 Å². The van der Waals surface area contributed by atoms with Gasteiger partial charge < -0.3 is 40.0 Å². The summed E-state index contributed by atoms with van der Waals surface area (Å²) in [4.78, 5) is 32.3. The van der Waals surface area contributed by atoms with Crippen molar-refractivity contribution < 1.29 is 49.0 Å². The molecule has 164 valence electrons. The summed E-state index contributed by atoms with van der Waals surface area (Å²) in [5.74, 6) is -2.10. The van der Waals surface area contributed by atoms with Gasteiger partial charge in [0.25, 0.3) is 0 Å². The summed E-state index contributed by atoms with van der Waals surface area (Å²) in [5, 5.41) is 39.0. The van der Waals surface area contributed by atoms with Gasteiger partial charge in [-0.05, 0) is 6.92 Å². The normalized spacial score (nSPS) is 12.7. The lowest BCUT2D eigenvalue weighted by Crippen LogP contribution is -2.58. The van der Waals surface area contributed by atoms with E-state index >= 15 is 0 Å². The second kappa shape index (κ2) is 15.3. The molecule has 0 aromatic carbocycles. The van der Waals surface area contributed by atoms with Crippen LogP contribution < -0.4 is 5.32 Å². The van der Waals surface area contributed by atoms with Gasteiger partial charge in [0, 0.05) is 13.0 Å². The van der Waals surface area contributed by atoms with E-state index in [2.05, 4.69) is 5.32 Å². The molecule has 0 fully saturated rings. The second-order valence-electron chi connectivity index (χ2n) is 6.39. The van der Waals surface area contributed by atoms with E-state index in [1.807, 2.05) is 0 Å². The topological polar surface area (TPSA) is 172 Å². The molecule has 0 aromatic rings. The van der Waals surface area contributed by atoms with Crippen molar-refractivity contribution >= 4 is 17.7 Å². The van der Waals surface area contributed by atoms with Crippen LogP contribution in [0.3, 0.4) is 0 Å². The zero-order valence-corrected chi connectivity index (χ0v) is 16.1. The van der Waals surface area contributed by atoms with Crippen LogP contribution in [0.2, 0.25) is 0 Å². The Kier molecular flexibility index (Phi) is 14.4. The number of hydrogen-bond acceptors (Lipinski definition) is 9. The molecule has 1 atom stereocenters. The molecule has 0 saturated heterocycles. The average molecular weight is 409 g/mol. The molecule has 0 amide bonds. The standard InChI is InChI=1S/C17H31NO10/c1-13(20)2-5-26-10-17(18-8-14(21)9-19,11-27-6-3-15(22)23)12-28-7-4-16(24)25/h14,18-19,21H,2-12H2,1H3,(H,22,23)(H,24,25). The monoisotopic (exact) mass is 409 g/mol. The Morgan fingerprint density at radius 2 is 1.32 bits per heavy atom. The molecular weight excluding hydrogens is 378 g/mol. The maximum Gasteiger partial charge on any atom is 0.305 e. The van der Waals surface area contributed by atoms with Crippen LogP contribution in [-0.2, 0) is 28.6 Å². The fourth-order valence-corrected chi connectivity index (χ4v) is 2.01. The minimum absolute atomic E-state index is 0.00142. The lowest BCUT2D eigenvalue weighted by atomic mass is 10.0. The van der Waals surface area contributed by atoms with Gasteiger partial charge in [0.2, 0.25) is 0 Å². The number of aliphatic hydroxyl groups is 2. The molecule has 11 nitrogen and oxygen atoms in total. The highest BCUT2D eigenvalue weighted by Gasteiger charge is 2.32. The van der Waals surface area contributed by atoms with Crippen molar-refractivity contribution in [3.63, 3.8) is 0 Å². The number of rotatable bonds is 19. The molecule has 0 aromatic heterocycles. The van der Waals surface area contributed by atoms with E-state index in [0.29, 0.717) is 0 Å². The van der Waals surface area contributed by atoms with Crippen molar-refractivity contribution in [2.24, 2.45) is 0 Å². The van der Waals surface area contributed by atoms with E-state index in [1.54, 1.807) is 0 Å². The number of ether oxygens (including phenoxy) is 3. The van der Waals surface area contributed by atoms with Gasteiger partial charge in [-0.25, -0.2) is 0 Å². The first-order valence-corrected chi connectivity index (χ1v) is 8.91. The van der Waals surface area contributed by atoms with Crippen molar-refractivity contribution in [1.29, 1.82) is 0 Å². The molecule has 0 aliphatic rings. The number of hydrogen-bond donors (Lipinski definition) is 5. The van der Waals surface area contributed by atoms with E-state index in [4.69, 9.17) is 29.5 Å².